The molecule has 2 N–H and O–H groups in total. The van der Waals surface area contributed by atoms with E-state index in [2.05, 4.69) is 12.2 Å². The van der Waals surface area contributed by atoms with Gasteiger partial charge in [-0.25, -0.2) is 4.79 Å². The summed E-state index contributed by atoms with van der Waals surface area (Å²) in [5, 5.41) is 12.5. The number of para-hydroxylation sites is 1. The van der Waals surface area contributed by atoms with Crippen LogP contribution in [-0.4, -0.2) is 17.1 Å². The van der Waals surface area contributed by atoms with E-state index >= 15 is 0 Å². The molecule has 3 nitrogen and oxygen atoms in total. The normalized spacial score (nSPS) is 24.3. The molecule has 2 rings (SSSR count). The summed E-state index contributed by atoms with van der Waals surface area (Å²) in [4.78, 5) is 11.1. The van der Waals surface area contributed by atoms with E-state index in [0.29, 0.717) is 11.6 Å². The first-order chi connectivity index (χ1) is 8.16. The summed E-state index contributed by atoms with van der Waals surface area (Å²) in [6.07, 6.45) is 4.79. The van der Waals surface area contributed by atoms with Crippen molar-refractivity contribution in [3.8, 4) is 0 Å². The van der Waals surface area contributed by atoms with Gasteiger partial charge in [0.2, 0.25) is 0 Å². The molecule has 1 fully saturated rings. The standard InChI is InChI=1S/C14H19NO2/c1-10-5-4-6-11(9-10)15-13-8-3-2-7-12(13)14(16)17/h2-3,7-8,10-11,15H,4-6,9H2,1H3,(H,16,17). The summed E-state index contributed by atoms with van der Waals surface area (Å²) in [5.41, 5.74) is 1.12. The van der Waals surface area contributed by atoms with Gasteiger partial charge in [0.1, 0.15) is 0 Å². The third kappa shape index (κ3) is 2.99. The lowest BCUT2D eigenvalue weighted by Crippen LogP contribution is -2.27. The van der Waals surface area contributed by atoms with E-state index in [0.717, 1.165) is 24.4 Å². The van der Waals surface area contributed by atoms with Crippen molar-refractivity contribution in [2.45, 2.75) is 38.6 Å². The van der Waals surface area contributed by atoms with Crippen LogP contribution in [-0.2, 0) is 0 Å². The molecule has 17 heavy (non-hydrogen) atoms. The quantitative estimate of drug-likeness (QED) is 0.841. The van der Waals surface area contributed by atoms with E-state index < -0.39 is 5.97 Å². The second-order valence-electron chi connectivity index (χ2n) is 4.96. The Labute approximate surface area is 102 Å². The number of hydrogen-bond acceptors (Lipinski definition) is 2. The molecule has 0 heterocycles. The van der Waals surface area contributed by atoms with Crippen LogP contribution in [0.15, 0.2) is 24.3 Å². The summed E-state index contributed by atoms with van der Waals surface area (Å²) in [6, 6.07) is 7.55. The molecule has 1 aromatic rings. The Morgan fingerprint density at radius 3 is 2.82 bits per heavy atom. The Bertz CT molecular complexity index is 403. The summed E-state index contributed by atoms with van der Waals surface area (Å²) >= 11 is 0. The van der Waals surface area contributed by atoms with Gasteiger partial charge < -0.3 is 10.4 Å². The average Bonchev–Trinajstić information content (AvgIpc) is 2.29. The number of carbonyl (C=O) groups is 1. The van der Waals surface area contributed by atoms with Gasteiger partial charge in [-0.1, -0.05) is 31.9 Å². The van der Waals surface area contributed by atoms with Crippen molar-refractivity contribution in [1.29, 1.82) is 0 Å². The Morgan fingerprint density at radius 2 is 2.12 bits per heavy atom. The lowest BCUT2D eigenvalue weighted by Gasteiger charge is -2.28. The predicted octanol–water partition coefficient (Wildman–Crippen LogP) is 3.38. The Morgan fingerprint density at radius 1 is 1.35 bits per heavy atom. The maximum atomic E-state index is 11.1. The van der Waals surface area contributed by atoms with Crippen LogP contribution in [0.25, 0.3) is 0 Å². The maximum absolute atomic E-state index is 11.1. The molecule has 1 aromatic carbocycles. The number of anilines is 1. The highest BCUT2D eigenvalue weighted by atomic mass is 16.4. The molecule has 2 unspecified atom stereocenters. The van der Waals surface area contributed by atoms with E-state index in [-0.39, 0.29) is 0 Å². The van der Waals surface area contributed by atoms with Crippen molar-refractivity contribution in [3.63, 3.8) is 0 Å². The van der Waals surface area contributed by atoms with E-state index in [1.54, 1.807) is 12.1 Å². The number of carboxylic acids is 1. The van der Waals surface area contributed by atoms with Crippen LogP contribution in [0.1, 0.15) is 43.0 Å². The molecule has 0 aliphatic heterocycles. The summed E-state index contributed by atoms with van der Waals surface area (Å²) < 4.78 is 0. The van der Waals surface area contributed by atoms with Crippen LogP contribution in [0.5, 0.6) is 0 Å². The van der Waals surface area contributed by atoms with Crippen molar-refractivity contribution in [1.82, 2.24) is 0 Å². The van der Waals surface area contributed by atoms with E-state index in [9.17, 15) is 4.79 Å². The molecule has 2 atom stereocenters. The van der Waals surface area contributed by atoms with Crippen LogP contribution in [0, 0.1) is 5.92 Å². The number of benzene rings is 1. The average molecular weight is 233 g/mol. The summed E-state index contributed by atoms with van der Waals surface area (Å²) in [5.74, 6) is -0.129. The van der Waals surface area contributed by atoms with Gasteiger partial charge in [-0.05, 0) is 30.9 Å². The lowest BCUT2D eigenvalue weighted by molar-refractivity contribution is 0.0698. The van der Waals surface area contributed by atoms with Crippen molar-refractivity contribution in [2.24, 2.45) is 5.92 Å². The van der Waals surface area contributed by atoms with Gasteiger partial charge >= 0.3 is 5.97 Å². The molecule has 1 aliphatic carbocycles. The minimum Gasteiger partial charge on any atom is -0.478 e. The van der Waals surface area contributed by atoms with Crippen LogP contribution < -0.4 is 5.32 Å². The third-order valence-electron chi connectivity index (χ3n) is 3.45. The van der Waals surface area contributed by atoms with Crippen molar-refractivity contribution >= 4 is 11.7 Å². The minimum absolute atomic E-state index is 0.366. The Kier molecular flexibility index (Phi) is 3.67. The molecule has 0 amide bonds. The van der Waals surface area contributed by atoms with Gasteiger partial charge in [-0.15, -0.1) is 0 Å². The largest absolute Gasteiger partial charge is 0.478 e. The van der Waals surface area contributed by atoms with Crippen LogP contribution >= 0.6 is 0 Å². The molecular formula is C14H19NO2. The van der Waals surface area contributed by atoms with Gasteiger partial charge in [0.05, 0.1) is 5.56 Å². The van der Waals surface area contributed by atoms with Crippen LogP contribution in [0.4, 0.5) is 5.69 Å². The van der Waals surface area contributed by atoms with Gasteiger partial charge in [0, 0.05) is 11.7 Å². The van der Waals surface area contributed by atoms with Gasteiger partial charge in [0.25, 0.3) is 0 Å². The zero-order valence-electron chi connectivity index (χ0n) is 10.1. The zero-order valence-corrected chi connectivity index (χ0v) is 10.1. The molecule has 0 aromatic heterocycles. The first-order valence-corrected chi connectivity index (χ1v) is 6.25. The second kappa shape index (κ2) is 5.21. The highest BCUT2D eigenvalue weighted by molar-refractivity contribution is 5.94. The number of nitrogens with one attached hydrogen (secondary N) is 1. The van der Waals surface area contributed by atoms with Crippen molar-refractivity contribution in [2.75, 3.05) is 5.32 Å². The van der Waals surface area contributed by atoms with E-state index in [4.69, 9.17) is 5.11 Å². The fourth-order valence-corrected chi connectivity index (χ4v) is 2.58. The van der Waals surface area contributed by atoms with Crippen LogP contribution in [0.3, 0.4) is 0 Å². The zero-order chi connectivity index (χ0) is 12.3. The molecule has 0 spiro atoms. The number of hydrogen-bond donors (Lipinski definition) is 2. The smallest absolute Gasteiger partial charge is 0.337 e. The van der Waals surface area contributed by atoms with Gasteiger partial charge in [-0.3, -0.25) is 0 Å². The molecule has 1 saturated carbocycles. The van der Waals surface area contributed by atoms with Crippen molar-refractivity contribution < 1.29 is 9.90 Å². The molecule has 1 aliphatic rings. The predicted molar refractivity (Wildman–Crippen MR) is 68.4 cm³/mol. The minimum atomic E-state index is -0.864. The first-order valence-electron chi connectivity index (χ1n) is 6.25. The van der Waals surface area contributed by atoms with Crippen molar-refractivity contribution in [3.05, 3.63) is 29.8 Å². The SMILES string of the molecule is CC1CCCC(Nc2ccccc2C(=O)O)C1. The molecular weight excluding hydrogens is 214 g/mol. The molecule has 0 saturated heterocycles. The number of aromatic carboxylic acids is 1. The molecule has 3 heteroatoms. The van der Waals surface area contributed by atoms with Gasteiger partial charge in [-0.2, -0.15) is 0 Å². The number of rotatable bonds is 3. The third-order valence-corrected chi connectivity index (χ3v) is 3.45. The van der Waals surface area contributed by atoms with E-state index in [1.165, 1.54) is 12.8 Å². The monoisotopic (exact) mass is 233 g/mol. The van der Waals surface area contributed by atoms with Gasteiger partial charge in [0.15, 0.2) is 0 Å². The Balaban J connectivity index is 2.10. The number of carboxylic acid groups (broad SMARTS) is 1. The first kappa shape index (κ1) is 12.0. The molecule has 92 valence electrons. The Hall–Kier alpha value is -1.51. The highest BCUT2D eigenvalue weighted by Gasteiger charge is 2.20. The fourth-order valence-electron chi connectivity index (χ4n) is 2.58. The van der Waals surface area contributed by atoms with E-state index in [1.807, 2.05) is 12.1 Å². The van der Waals surface area contributed by atoms with Crippen LogP contribution in [0.2, 0.25) is 0 Å². The molecule has 0 radical (unpaired) electrons. The second-order valence-corrected chi connectivity index (χ2v) is 4.96. The summed E-state index contributed by atoms with van der Waals surface area (Å²) in [7, 11) is 0. The highest BCUT2D eigenvalue weighted by Crippen LogP contribution is 2.27. The molecule has 0 bridgehead atoms. The lowest BCUT2D eigenvalue weighted by atomic mass is 9.87. The summed E-state index contributed by atoms with van der Waals surface area (Å²) in [6.45, 7) is 2.26. The fraction of sp³-hybridized carbons (Fsp3) is 0.500. The topological polar surface area (TPSA) is 49.3 Å². The maximum Gasteiger partial charge on any atom is 0.337 e.